The highest BCUT2D eigenvalue weighted by atomic mass is 79.9. The topological polar surface area (TPSA) is 29.1 Å². The van der Waals surface area contributed by atoms with Crippen molar-refractivity contribution in [3.05, 3.63) is 64.4 Å². The van der Waals surface area contributed by atoms with Gasteiger partial charge in [-0.15, -0.1) is 0 Å². The van der Waals surface area contributed by atoms with E-state index < -0.39 is 5.41 Å². The lowest BCUT2D eigenvalue weighted by Gasteiger charge is -2.24. The molecule has 20 heavy (non-hydrogen) atoms. The van der Waals surface area contributed by atoms with Crippen molar-refractivity contribution in [2.45, 2.75) is 19.3 Å². The summed E-state index contributed by atoms with van der Waals surface area (Å²) < 4.78 is 13.9. The summed E-state index contributed by atoms with van der Waals surface area (Å²) in [5.74, 6) is -0.440. The third-order valence-electron chi connectivity index (χ3n) is 3.24. The van der Waals surface area contributed by atoms with Crippen molar-refractivity contribution in [2.75, 3.05) is 5.32 Å². The standard InChI is InChI=1S/C16H15BrFNO/c1-16(2,11-3-7-13(18)8-4-11)15(20)19-14-9-5-12(17)6-10-14/h3-10H,1-2H3,(H,19,20). The van der Waals surface area contributed by atoms with Gasteiger partial charge in [0.1, 0.15) is 5.82 Å². The van der Waals surface area contributed by atoms with Crippen molar-refractivity contribution < 1.29 is 9.18 Å². The van der Waals surface area contributed by atoms with Gasteiger partial charge < -0.3 is 5.32 Å². The Kier molecular flexibility index (Phi) is 4.23. The first-order chi connectivity index (χ1) is 9.39. The first-order valence-corrected chi connectivity index (χ1v) is 7.02. The van der Waals surface area contributed by atoms with E-state index in [4.69, 9.17) is 0 Å². The number of nitrogens with one attached hydrogen (secondary N) is 1. The molecule has 0 aromatic heterocycles. The van der Waals surface area contributed by atoms with E-state index in [1.807, 2.05) is 38.1 Å². The van der Waals surface area contributed by atoms with Crippen molar-refractivity contribution in [3.8, 4) is 0 Å². The number of hydrogen-bond donors (Lipinski definition) is 1. The molecular weight excluding hydrogens is 321 g/mol. The van der Waals surface area contributed by atoms with Gasteiger partial charge in [-0.1, -0.05) is 28.1 Å². The molecule has 2 nitrogen and oxygen atoms in total. The number of halogens is 2. The molecule has 0 bridgehead atoms. The molecule has 0 fully saturated rings. The molecule has 1 N–H and O–H groups in total. The van der Waals surface area contributed by atoms with Crippen LogP contribution in [0.2, 0.25) is 0 Å². The molecule has 0 saturated heterocycles. The molecule has 0 spiro atoms. The quantitative estimate of drug-likeness (QED) is 0.878. The minimum absolute atomic E-state index is 0.133. The molecule has 4 heteroatoms. The molecule has 0 atom stereocenters. The predicted octanol–water partition coefficient (Wildman–Crippen LogP) is 4.50. The van der Waals surface area contributed by atoms with Gasteiger partial charge in [-0.05, 0) is 55.8 Å². The molecule has 2 rings (SSSR count). The van der Waals surface area contributed by atoms with E-state index in [-0.39, 0.29) is 11.7 Å². The van der Waals surface area contributed by atoms with Gasteiger partial charge in [0.05, 0.1) is 5.41 Å². The summed E-state index contributed by atoms with van der Waals surface area (Å²) in [6.45, 7) is 3.63. The fourth-order valence-electron chi connectivity index (χ4n) is 1.82. The summed E-state index contributed by atoms with van der Waals surface area (Å²) in [6, 6.07) is 13.4. The molecule has 0 radical (unpaired) electrons. The molecule has 2 aromatic rings. The van der Waals surface area contributed by atoms with E-state index in [9.17, 15) is 9.18 Å². The summed E-state index contributed by atoms with van der Waals surface area (Å²) in [7, 11) is 0. The number of benzene rings is 2. The predicted molar refractivity (Wildman–Crippen MR) is 82.2 cm³/mol. The molecule has 2 aromatic carbocycles. The summed E-state index contributed by atoms with van der Waals surface area (Å²) in [4.78, 5) is 12.4. The Bertz CT molecular complexity index is 605. The molecule has 0 aliphatic carbocycles. The number of hydrogen-bond acceptors (Lipinski definition) is 1. The molecule has 0 aliphatic heterocycles. The summed E-state index contributed by atoms with van der Waals surface area (Å²) in [6.07, 6.45) is 0. The monoisotopic (exact) mass is 335 g/mol. The van der Waals surface area contributed by atoms with Crippen molar-refractivity contribution in [2.24, 2.45) is 0 Å². The SMILES string of the molecule is CC(C)(C(=O)Nc1ccc(Br)cc1)c1ccc(F)cc1. The molecular formula is C16H15BrFNO. The highest BCUT2D eigenvalue weighted by Gasteiger charge is 2.29. The van der Waals surface area contributed by atoms with E-state index in [2.05, 4.69) is 21.2 Å². The lowest BCUT2D eigenvalue weighted by molar-refractivity contribution is -0.120. The number of carbonyl (C=O) groups excluding carboxylic acids is 1. The van der Waals surface area contributed by atoms with E-state index in [0.29, 0.717) is 0 Å². The molecule has 0 saturated carbocycles. The lowest BCUT2D eigenvalue weighted by atomic mass is 9.83. The normalized spacial score (nSPS) is 11.2. The molecule has 104 valence electrons. The van der Waals surface area contributed by atoms with Crippen LogP contribution in [0.5, 0.6) is 0 Å². The molecule has 1 amide bonds. The highest BCUT2D eigenvalue weighted by Crippen LogP contribution is 2.25. The van der Waals surface area contributed by atoms with Crippen LogP contribution in [0.3, 0.4) is 0 Å². The average Bonchev–Trinajstić information content (AvgIpc) is 2.42. The maximum absolute atomic E-state index is 13.0. The Morgan fingerprint density at radius 3 is 2.15 bits per heavy atom. The number of carbonyl (C=O) groups is 1. The van der Waals surface area contributed by atoms with Gasteiger partial charge in [0, 0.05) is 10.2 Å². The van der Waals surface area contributed by atoms with Crippen molar-refractivity contribution in [1.29, 1.82) is 0 Å². The van der Waals surface area contributed by atoms with Gasteiger partial charge in [0.15, 0.2) is 0 Å². The van der Waals surface area contributed by atoms with Crippen molar-refractivity contribution in [3.63, 3.8) is 0 Å². The van der Waals surface area contributed by atoms with Gasteiger partial charge in [-0.3, -0.25) is 4.79 Å². The van der Waals surface area contributed by atoms with Crippen LogP contribution in [0.15, 0.2) is 53.0 Å². The number of anilines is 1. The third kappa shape index (κ3) is 3.25. The van der Waals surface area contributed by atoms with Crippen LogP contribution in [0.4, 0.5) is 10.1 Å². The van der Waals surface area contributed by atoms with Crippen molar-refractivity contribution in [1.82, 2.24) is 0 Å². The maximum atomic E-state index is 13.0. The van der Waals surface area contributed by atoms with Crippen LogP contribution in [-0.4, -0.2) is 5.91 Å². The lowest BCUT2D eigenvalue weighted by Crippen LogP contribution is -2.34. The molecule has 0 aliphatic rings. The number of rotatable bonds is 3. The van der Waals surface area contributed by atoms with Gasteiger partial charge in [-0.25, -0.2) is 4.39 Å². The maximum Gasteiger partial charge on any atom is 0.234 e. The minimum Gasteiger partial charge on any atom is -0.325 e. The van der Waals surface area contributed by atoms with Crippen LogP contribution in [0.1, 0.15) is 19.4 Å². The van der Waals surface area contributed by atoms with Crippen LogP contribution >= 0.6 is 15.9 Å². The summed E-state index contributed by atoms with van der Waals surface area (Å²) >= 11 is 3.35. The second-order valence-electron chi connectivity index (χ2n) is 5.09. The molecule has 0 heterocycles. The number of amides is 1. The Hall–Kier alpha value is -1.68. The zero-order valence-electron chi connectivity index (χ0n) is 11.3. The van der Waals surface area contributed by atoms with Gasteiger partial charge in [0.25, 0.3) is 0 Å². The Balaban J connectivity index is 2.18. The van der Waals surface area contributed by atoms with Gasteiger partial charge in [-0.2, -0.15) is 0 Å². The van der Waals surface area contributed by atoms with Crippen LogP contribution < -0.4 is 5.32 Å². The van der Waals surface area contributed by atoms with Crippen LogP contribution in [0.25, 0.3) is 0 Å². The molecule has 0 unspecified atom stereocenters. The van der Waals surface area contributed by atoms with E-state index in [0.717, 1.165) is 15.7 Å². The largest absolute Gasteiger partial charge is 0.325 e. The average molecular weight is 336 g/mol. The summed E-state index contributed by atoms with van der Waals surface area (Å²) in [5.41, 5.74) is 0.766. The zero-order chi connectivity index (χ0) is 14.8. The zero-order valence-corrected chi connectivity index (χ0v) is 12.9. The fraction of sp³-hybridized carbons (Fsp3) is 0.188. The third-order valence-corrected chi connectivity index (χ3v) is 3.76. The summed E-state index contributed by atoms with van der Waals surface area (Å²) in [5, 5.41) is 2.87. The van der Waals surface area contributed by atoms with Crippen LogP contribution in [0, 0.1) is 5.82 Å². The van der Waals surface area contributed by atoms with E-state index in [1.165, 1.54) is 12.1 Å². The Labute approximate surface area is 126 Å². The second kappa shape index (κ2) is 5.75. The first kappa shape index (κ1) is 14.7. The first-order valence-electron chi connectivity index (χ1n) is 6.22. The smallest absolute Gasteiger partial charge is 0.234 e. The van der Waals surface area contributed by atoms with Gasteiger partial charge >= 0.3 is 0 Å². The minimum atomic E-state index is -0.735. The highest BCUT2D eigenvalue weighted by molar-refractivity contribution is 9.10. The van der Waals surface area contributed by atoms with Crippen LogP contribution in [-0.2, 0) is 10.2 Å². The van der Waals surface area contributed by atoms with E-state index in [1.54, 1.807) is 12.1 Å². The van der Waals surface area contributed by atoms with Crippen molar-refractivity contribution >= 4 is 27.5 Å². The van der Waals surface area contributed by atoms with E-state index >= 15 is 0 Å². The van der Waals surface area contributed by atoms with Gasteiger partial charge in [0.2, 0.25) is 5.91 Å². The Morgan fingerprint density at radius 1 is 1.05 bits per heavy atom. The Morgan fingerprint density at radius 2 is 1.60 bits per heavy atom. The second-order valence-corrected chi connectivity index (χ2v) is 6.01. The fourth-order valence-corrected chi connectivity index (χ4v) is 2.08.